The molecule has 1 aromatic carbocycles. The Bertz CT molecular complexity index is 1180. The lowest BCUT2D eigenvalue weighted by Crippen LogP contribution is -2.46. The molecule has 1 aliphatic heterocycles. The van der Waals surface area contributed by atoms with Crippen LogP contribution in [0.1, 0.15) is 13.3 Å². The molecule has 0 spiro atoms. The Morgan fingerprint density at radius 1 is 1.18 bits per heavy atom. The Hall–Kier alpha value is -2.69. The largest absolute Gasteiger partial charge is 0.355 e. The van der Waals surface area contributed by atoms with E-state index in [9.17, 15) is 9.59 Å². The summed E-state index contributed by atoms with van der Waals surface area (Å²) in [5.74, 6) is 0.658. The van der Waals surface area contributed by atoms with Crippen LogP contribution < -0.4 is 10.9 Å². The molecular weight excluding hydrogens is 438 g/mol. The highest BCUT2D eigenvalue weighted by Gasteiger charge is 2.17. The van der Waals surface area contributed by atoms with Gasteiger partial charge in [0, 0.05) is 39.3 Å². The molecule has 0 atom stereocenters. The number of amides is 1. The van der Waals surface area contributed by atoms with Crippen molar-refractivity contribution in [2.45, 2.75) is 25.0 Å². The molecule has 3 aromatic rings. The van der Waals surface area contributed by atoms with E-state index in [-0.39, 0.29) is 17.2 Å². The van der Waals surface area contributed by atoms with Crippen molar-refractivity contribution in [3.63, 3.8) is 0 Å². The van der Waals surface area contributed by atoms with Crippen molar-refractivity contribution < 1.29 is 4.79 Å². The topological polar surface area (TPSA) is 87.8 Å². The van der Waals surface area contributed by atoms with Gasteiger partial charge in [0.1, 0.15) is 0 Å². The van der Waals surface area contributed by atoms with Crippen LogP contribution in [-0.2, 0) is 11.3 Å². The van der Waals surface area contributed by atoms with Crippen LogP contribution in [0, 0.1) is 0 Å². The smallest absolute Gasteiger partial charge is 0.263 e. The molecule has 0 saturated carbocycles. The Kier molecular flexibility index (Phi) is 7.79. The molecule has 2 aromatic heterocycles. The van der Waals surface area contributed by atoms with Gasteiger partial charge >= 0.3 is 0 Å². The van der Waals surface area contributed by atoms with Crippen LogP contribution in [0.2, 0.25) is 0 Å². The van der Waals surface area contributed by atoms with Crippen LogP contribution in [-0.4, -0.2) is 86.4 Å². The van der Waals surface area contributed by atoms with Crippen molar-refractivity contribution in [3.05, 3.63) is 47.3 Å². The van der Waals surface area contributed by atoms with E-state index in [0.717, 1.165) is 51.2 Å². The molecule has 0 radical (unpaired) electrons. The van der Waals surface area contributed by atoms with Crippen LogP contribution in [0.15, 0.2) is 46.9 Å². The summed E-state index contributed by atoms with van der Waals surface area (Å²) < 4.78 is 3.39. The van der Waals surface area contributed by atoms with Gasteiger partial charge in [-0.3, -0.25) is 18.6 Å². The van der Waals surface area contributed by atoms with E-state index >= 15 is 0 Å². The Morgan fingerprint density at radius 3 is 2.70 bits per heavy atom. The number of rotatable bonds is 10. The van der Waals surface area contributed by atoms with Crippen LogP contribution in [0.5, 0.6) is 0 Å². The Labute approximate surface area is 197 Å². The minimum absolute atomic E-state index is 0.0312. The third-order valence-electron chi connectivity index (χ3n) is 6.01. The molecule has 0 aliphatic carbocycles. The van der Waals surface area contributed by atoms with E-state index < -0.39 is 0 Å². The number of nitrogens with one attached hydrogen (secondary N) is 1. The molecular formula is C23H31N7O2S. The van der Waals surface area contributed by atoms with Crippen molar-refractivity contribution in [2.75, 3.05) is 51.6 Å². The van der Waals surface area contributed by atoms with E-state index in [2.05, 4.69) is 38.8 Å². The van der Waals surface area contributed by atoms with Gasteiger partial charge in [-0.05, 0) is 31.6 Å². The van der Waals surface area contributed by atoms with Crippen LogP contribution in [0.3, 0.4) is 0 Å². The molecule has 3 heterocycles. The first-order chi connectivity index (χ1) is 16.1. The SMILES string of the molecule is C=CCn1c(=O)c2ccccc2n2c(SCC(=O)NCCCN3CCN(CC)CC3)nnc12. The minimum atomic E-state index is -0.129. The maximum atomic E-state index is 12.9. The summed E-state index contributed by atoms with van der Waals surface area (Å²) in [5, 5.41) is 12.7. The molecule has 1 amide bonds. The van der Waals surface area contributed by atoms with Gasteiger partial charge < -0.3 is 15.1 Å². The van der Waals surface area contributed by atoms with E-state index in [1.54, 1.807) is 16.7 Å². The van der Waals surface area contributed by atoms with Gasteiger partial charge in [0.15, 0.2) is 5.16 Å². The third-order valence-corrected chi connectivity index (χ3v) is 6.94. The summed E-state index contributed by atoms with van der Waals surface area (Å²) in [6.07, 6.45) is 2.60. The molecule has 1 N–H and O–H groups in total. The fourth-order valence-corrected chi connectivity index (χ4v) is 4.93. The quantitative estimate of drug-likeness (QED) is 0.273. The zero-order valence-corrected chi connectivity index (χ0v) is 19.9. The molecule has 1 aliphatic rings. The highest BCUT2D eigenvalue weighted by atomic mass is 32.2. The molecule has 176 valence electrons. The predicted octanol–water partition coefficient (Wildman–Crippen LogP) is 1.47. The highest BCUT2D eigenvalue weighted by molar-refractivity contribution is 7.99. The first-order valence-corrected chi connectivity index (χ1v) is 12.4. The fraction of sp³-hybridized carbons (Fsp3) is 0.478. The van der Waals surface area contributed by atoms with Crippen molar-refractivity contribution in [2.24, 2.45) is 0 Å². The van der Waals surface area contributed by atoms with Gasteiger partial charge in [-0.2, -0.15) is 0 Å². The van der Waals surface area contributed by atoms with E-state index in [1.165, 1.54) is 11.8 Å². The molecule has 0 bridgehead atoms. The van der Waals surface area contributed by atoms with Crippen molar-refractivity contribution in [1.29, 1.82) is 0 Å². The zero-order valence-electron chi connectivity index (χ0n) is 19.1. The summed E-state index contributed by atoms with van der Waals surface area (Å²) in [6, 6.07) is 7.38. The van der Waals surface area contributed by atoms with Crippen molar-refractivity contribution >= 4 is 34.3 Å². The summed E-state index contributed by atoms with van der Waals surface area (Å²) in [4.78, 5) is 30.2. The normalized spacial score (nSPS) is 15.3. The van der Waals surface area contributed by atoms with Crippen LogP contribution >= 0.6 is 11.8 Å². The Morgan fingerprint density at radius 2 is 1.94 bits per heavy atom. The fourth-order valence-electron chi connectivity index (χ4n) is 4.16. The lowest BCUT2D eigenvalue weighted by Gasteiger charge is -2.33. The minimum Gasteiger partial charge on any atom is -0.355 e. The molecule has 33 heavy (non-hydrogen) atoms. The van der Waals surface area contributed by atoms with Gasteiger partial charge in [-0.15, -0.1) is 16.8 Å². The summed E-state index contributed by atoms with van der Waals surface area (Å²) in [5.41, 5.74) is 0.602. The number of hydrogen-bond donors (Lipinski definition) is 1. The monoisotopic (exact) mass is 469 g/mol. The van der Waals surface area contributed by atoms with Gasteiger partial charge in [0.25, 0.3) is 5.56 Å². The first kappa shape index (κ1) is 23.5. The molecule has 1 saturated heterocycles. The molecule has 4 rings (SSSR count). The second-order valence-corrected chi connectivity index (χ2v) is 9.05. The molecule has 1 fully saturated rings. The van der Waals surface area contributed by atoms with Gasteiger partial charge in [0.05, 0.1) is 16.7 Å². The number of allylic oxidation sites excluding steroid dienone is 1. The van der Waals surface area contributed by atoms with Crippen molar-refractivity contribution in [1.82, 2.24) is 34.3 Å². The van der Waals surface area contributed by atoms with Crippen molar-refractivity contribution in [3.8, 4) is 0 Å². The van der Waals surface area contributed by atoms with Gasteiger partial charge in [0.2, 0.25) is 11.7 Å². The number of benzene rings is 1. The predicted molar refractivity (Wildman–Crippen MR) is 132 cm³/mol. The summed E-state index contributed by atoms with van der Waals surface area (Å²) in [7, 11) is 0. The molecule has 0 unspecified atom stereocenters. The number of piperazine rings is 1. The zero-order chi connectivity index (χ0) is 23.2. The maximum Gasteiger partial charge on any atom is 0.263 e. The number of aromatic nitrogens is 4. The summed E-state index contributed by atoms with van der Waals surface area (Å²) >= 11 is 1.32. The number of likely N-dealkylation sites (N-methyl/N-ethyl adjacent to an activating group) is 1. The summed E-state index contributed by atoms with van der Waals surface area (Å²) in [6.45, 7) is 13.5. The standard InChI is InChI=1S/C23H31N7O2S/c1-3-11-29-21(32)18-8-5-6-9-19(18)30-22(29)25-26-23(30)33-17-20(31)24-10-7-12-28-15-13-27(4-2)14-16-28/h3,5-6,8-9H,1,4,7,10-17H2,2H3,(H,24,31). The third kappa shape index (κ3) is 5.29. The second kappa shape index (κ2) is 11.0. The number of nitrogens with zero attached hydrogens (tertiary/aromatic N) is 6. The molecule has 9 nitrogen and oxygen atoms in total. The Balaban J connectivity index is 1.35. The highest BCUT2D eigenvalue weighted by Crippen LogP contribution is 2.21. The van der Waals surface area contributed by atoms with Crippen LogP contribution in [0.4, 0.5) is 0 Å². The number of thioether (sulfide) groups is 1. The lowest BCUT2D eigenvalue weighted by atomic mass is 10.2. The van der Waals surface area contributed by atoms with E-state index in [4.69, 9.17) is 0 Å². The lowest BCUT2D eigenvalue weighted by molar-refractivity contribution is -0.118. The number of hydrogen-bond acceptors (Lipinski definition) is 7. The number of carbonyl (C=O) groups is 1. The van der Waals surface area contributed by atoms with Gasteiger partial charge in [-0.25, -0.2) is 0 Å². The first-order valence-electron chi connectivity index (χ1n) is 11.4. The molecule has 10 heteroatoms. The van der Waals surface area contributed by atoms with Crippen LogP contribution in [0.25, 0.3) is 16.7 Å². The number of carbonyl (C=O) groups excluding carboxylic acids is 1. The number of para-hydroxylation sites is 1. The average Bonchev–Trinajstić information content (AvgIpc) is 3.27. The average molecular weight is 470 g/mol. The van der Waals surface area contributed by atoms with E-state index in [1.807, 2.05) is 22.6 Å². The number of fused-ring (bicyclic) bond motifs is 3. The van der Waals surface area contributed by atoms with Gasteiger partial charge in [-0.1, -0.05) is 36.9 Å². The maximum absolute atomic E-state index is 12.9. The van der Waals surface area contributed by atoms with E-state index in [0.29, 0.717) is 29.4 Å². The second-order valence-electron chi connectivity index (χ2n) is 8.11.